The summed E-state index contributed by atoms with van der Waals surface area (Å²) in [4.78, 5) is 14.1. The zero-order valence-corrected chi connectivity index (χ0v) is 11.6. The van der Waals surface area contributed by atoms with E-state index in [1.807, 2.05) is 25.1 Å². The molecule has 0 unspecified atom stereocenters. The number of nitrogens with two attached hydrogens (primary N) is 1. The summed E-state index contributed by atoms with van der Waals surface area (Å²) >= 11 is 3.38. The number of nitro groups is 1. The Morgan fingerprint density at radius 3 is 2.74 bits per heavy atom. The van der Waals surface area contributed by atoms with Gasteiger partial charge in [-0.25, -0.2) is 4.98 Å². The molecule has 0 atom stereocenters. The van der Waals surface area contributed by atoms with Gasteiger partial charge in [0.25, 0.3) is 0 Å². The molecule has 0 saturated heterocycles. The van der Waals surface area contributed by atoms with E-state index in [4.69, 9.17) is 5.73 Å². The molecule has 0 aliphatic rings. The first-order valence-electron chi connectivity index (χ1n) is 5.41. The Bertz CT molecular complexity index is 646. The number of hydrogen-bond acceptors (Lipinski definition) is 5. The second-order valence-corrected chi connectivity index (χ2v) is 4.86. The van der Waals surface area contributed by atoms with Crippen LogP contribution in [-0.2, 0) is 0 Å². The van der Waals surface area contributed by atoms with Crippen molar-refractivity contribution in [1.29, 1.82) is 0 Å². The summed E-state index contributed by atoms with van der Waals surface area (Å²) in [6.45, 7) is 1.95. The van der Waals surface area contributed by atoms with Crippen molar-refractivity contribution in [2.45, 2.75) is 6.92 Å². The summed E-state index contributed by atoms with van der Waals surface area (Å²) in [5.74, 6) is 0.354. The average molecular weight is 323 g/mol. The summed E-state index contributed by atoms with van der Waals surface area (Å²) < 4.78 is 0.926. The van der Waals surface area contributed by atoms with Crippen LogP contribution in [0.1, 0.15) is 5.56 Å². The van der Waals surface area contributed by atoms with E-state index in [2.05, 4.69) is 26.2 Å². The van der Waals surface area contributed by atoms with Gasteiger partial charge in [-0.15, -0.1) is 0 Å². The number of hydrogen-bond donors (Lipinski definition) is 2. The van der Waals surface area contributed by atoms with Crippen molar-refractivity contribution in [1.82, 2.24) is 4.98 Å². The van der Waals surface area contributed by atoms with Gasteiger partial charge in [-0.1, -0.05) is 22.0 Å². The zero-order chi connectivity index (χ0) is 14.0. The van der Waals surface area contributed by atoms with E-state index in [1.165, 1.54) is 12.1 Å². The van der Waals surface area contributed by atoms with E-state index in [-0.39, 0.29) is 11.5 Å². The molecular formula is C12H11BrN4O2. The minimum absolute atomic E-state index is 0.109. The fourth-order valence-electron chi connectivity index (χ4n) is 1.56. The van der Waals surface area contributed by atoms with Crippen molar-refractivity contribution < 1.29 is 4.92 Å². The Kier molecular flexibility index (Phi) is 3.66. The maximum Gasteiger partial charge on any atom is 0.311 e. The lowest BCUT2D eigenvalue weighted by Gasteiger charge is -2.09. The normalized spacial score (nSPS) is 10.2. The van der Waals surface area contributed by atoms with Crippen LogP contribution in [-0.4, -0.2) is 9.91 Å². The minimum Gasteiger partial charge on any atom is -0.378 e. The first kappa shape index (κ1) is 13.3. The fraction of sp³-hybridized carbons (Fsp3) is 0.0833. The van der Waals surface area contributed by atoms with Crippen LogP contribution in [0.15, 0.2) is 34.8 Å². The monoisotopic (exact) mass is 322 g/mol. The number of rotatable bonds is 3. The molecule has 0 saturated carbocycles. The van der Waals surface area contributed by atoms with Gasteiger partial charge in [0.1, 0.15) is 5.82 Å². The summed E-state index contributed by atoms with van der Waals surface area (Å²) in [6.07, 6.45) is 0. The molecule has 1 heterocycles. The molecule has 0 bridgehead atoms. The third kappa shape index (κ3) is 3.00. The second-order valence-electron chi connectivity index (χ2n) is 3.94. The SMILES string of the molecule is Cc1ccc(Br)cc1Nc1ccc([N+](=O)[O-])c(N)n1. The van der Waals surface area contributed by atoms with Gasteiger partial charge in [0.2, 0.25) is 5.82 Å². The number of nitrogens with zero attached hydrogens (tertiary/aromatic N) is 2. The highest BCUT2D eigenvalue weighted by Crippen LogP contribution is 2.26. The standard InChI is InChI=1S/C12H11BrN4O2/c1-7-2-3-8(13)6-9(7)15-11-5-4-10(17(18)19)12(14)16-11/h2-6H,1H3,(H3,14,15,16). The fourth-order valence-corrected chi connectivity index (χ4v) is 1.92. The number of anilines is 3. The summed E-state index contributed by atoms with van der Waals surface area (Å²) in [5.41, 5.74) is 7.23. The number of aromatic nitrogens is 1. The van der Waals surface area contributed by atoms with Crippen LogP contribution in [0, 0.1) is 17.0 Å². The van der Waals surface area contributed by atoms with Crippen molar-refractivity contribution in [2.24, 2.45) is 0 Å². The van der Waals surface area contributed by atoms with Gasteiger partial charge in [0.15, 0.2) is 0 Å². The van der Waals surface area contributed by atoms with E-state index in [0.29, 0.717) is 5.82 Å². The molecule has 1 aromatic carbocycles. The van der Waals surface area contributed by atoms with Crippen molar-refractivity contribution in [3.63, 3.8) is 0 Å². The summed E-state index contributed by atoms with van der Waals surface area (Å²) in [6, 6.07) is 8.63. The summed E-state index contributed by atoms with van der Waals surface area (Å²) in [7, 11) is 0. The smallest absolute Gasteiger partial charge is 0.311 e. The highest BCUT2D eigenvalue weighted by Gasteiger charge is 2.13. The lowest BCUT2D eigenvalue weighted by Crippen LogP contribution is -2.02. The van der Waals surface area contributed by atoms with E-state index in [0.717, 1.165) is 15.7 Å². The van der Waals surface area contributed by atoms with E-state index < -0.39 is 4.92 Å². The molecule has 98 valence electrons. The number of aryl methyl sites for hydroxylation is 1. The zero-order valence-electron chi connectivity index (χ0n) is 10.1. The molecule has 0 fully saturated rings. The third-order valence-electron chi connectivity index (χ3n) is 2.56. The molecule has 3 N–H and O–H groups in total. The molecule has 19 heavy (non-hydrogen) atoms. The predicted molar refractivity (Wildman–Crippen MR) is 77.5 cm³/mol. The molecule has 7 heteroatoms. The van der Waals surface area contributed by atoms with E-state index in [1.54, 1.807) is 0 Å². The molecule has 2 aromatic rings. The molecule has 0 amide bonds. The first-order valence-corrected chi connectivity index (χ1v) is 6.21. The van der Waals surface area contributed by atoms with Crippen molar-refractivity contribution in [3.05, 3.63) is 50.5 Å². The number of halogens is 1. The Morgan fingerprint density at radius 2 is 2.11 bits per heavy atom. The van der Waals surface area contributed by atoms with Crippen molar-refractivity contribution >= 4 is 38.9 Å². The van der Waals surface area contributed by atoms with Gasteiger partial charge >= 0.3 is 5.69 Å². The minimum atomic E-state index is -0.559. The van der Waals surface area contributed by atoms with Gasteiger partial charge in [-0.2, -0.15) is 0 Å². The molecule has 0 aliphatic heterocycles. The number of nitrogen functional groups attached to an aromatic ring is 1. The van der Waals surface area contributed by atoms with Crippen LogP contribution >= 0.6 is 15.9 Å². The van der Waals surface area contributed by atoms with Crippen molar-refractivity contribution in [2.75, 3.05) is 11.1 Å². The highest BCUT2D eigenvalue weighted by atomic mass is 79.9. The van der Waals surface area contributed by atoms with Crippen LogP contribution in [0.2, 0.25) is 0 Å². The molecule has 0 aliphatic carbocycles. The third-order valence-corrected chi connectivity index (χ3v) is 3.05. The van der Waals surface area contributed by atoms with Gasteiger partial charge in [0, 0.05) is 16.2 Å². The summed E-state index contributed by atoms with van der Waals surface area (Å²) in [5, 5.41) is 13.7. The number of nitrogens with one attached hydrogen (secondary N) is 1. The Hall–Kier alpha value is -2.15. The molecule has 6 nitrogen and oxygen atoms in total. The molecule has 1 aromatic heterocycles. The van der Waals surface area contributed by atoms with Gasteiger partial charge in [0.05, 0.1) is 4.92 Å². The Labute approximate surface area is 117 Å². The van der Waals surface area contributed by atoms with Crippen LogP contribution < -0.4 is 11.1 Å². The Balaban J connectivity index is 2.31. The topological polar surface area (TPSA) is 94.1 Å². The maximum absolute atomic E-state index is 10.6. The van der Waals surface area contributed by atoms with Crippen LogP contribution in [0.3, 0.4) is 0 Å². The predicted octanol–water partition coefficient (Wildman–Crippen LogP) is 3.39. The second kappa shape index (κ2) is 5.23. The number of pyridine rings is 1. The molecule has 0 radical (unpaired) electrons. The number of benzene rings is 1. The van der Waals surface area contributed by atoms with Gasteiger partial charge in [-0.3, -0.25) is 10.1 Å². The maximum atomic E-state index is 10.6. The van der Waals surface area contributed by atoms with Crippen LogP contribution in [0.5, 0.6) is 0 Å². The average Bonchev–Trinajstić information content (AvgIpc) is 2.33. The quantitative estimate of drug-likeness (QED) is 0.667. The highest BCUT2D eigenvalue weighted by molar-refractivity contribution is 9.10. The van der Waals surface area contributed by atoms with Crippen LogP contribution in [0.4, 0.5) is 23.0 Å². The van der Waals surface area contributed by atoms with Gasteiger partial charge in [-0.05, 0) is 30.7 Å². The lowest BCUT2D eigenvalue weighted by atomic mass is 10.2. The van der Waals surface area contributed by atoms with E-state index >= 15 is 0 Å². The van der Waals surface area contributed by atoms with E-state index in [9.17, 15) is 10.1 Å². The molecule has 0 spiro atoms. The molecular weight excluding hydrogens is 312 g/mol. The largest absolute Gasteiger partial charge is 0.378 e. The Morgan fingerprint density at radius 1 is 1.37 bits per heavy atom. The van der Waals surface area contributed by atoms with Crippen LogP contribution in [0.25, 0.3) is 0 Å². The first-order chi connectivity index (χ1) is 8.97. The van der Waals surface area contributed by atoms with Crippen molar-refractivity contribution in [3.8, 4) is 0 Å². The lowest BCUT2D eigenvalue weighted by molar-refractivity contribution is -0.384. The molecule has 2 rings (SSSR count). The van der Waals surface area contributed by atoms with Gasteiger partial charge < -0.3 is 11.1 Å².